The Morgan fingerprint density at radius 1 is 1.00 bits per heavy atom. The van der Waals surface area contributed by atoms with Crippen molar-refractivity contribution in [2.45, 2.75) is 57.4 Å². The summed E-state index contributed by atoms with van der Waals surface area (Å²) in [6, 6.07) is 0.583. The summed E-state index contributed by atoms with van der Waals surface area (Å²) in [6.45, 7) is 0. The van der Waals surface area contributed by atoms with Gasteiger partial charge in [0.05, 0.1) is 5.69 Å². The van der Waals surface area contributed by atoms with Gasteiger partial charge in [-0.05, 0) is 43.7 Å². The van der Waals surface area contributed by atoms with E-state index in [4.69, 9.17) is 11.6 Å². The van der Waals surface area contributed by atoms with Crippen LogP contribution in [-0.4, -0.2) is 16.0 Å². The SMILES string of the molecule is Clc1nc2c(c(NC3CCCCC3)n1)CCC2. The number of nitrogens with one attached hydrogen (secondary N) is 1. The lowest BCUT2D eigenvalue weighted by Gasteiger charge is -2.24. The molecule has 1 heterocycles. The van der Waals surface area contributed by atoms with E-state index in [0.717, 1.165) is 24.4 Å². The third-order valence-corrected chi connectivity index (χ3v) is 4.02. The van der Waals surface area contributed by atoms with Crippen molar-refractivity contribution >= 4 is 17.4 Å². The zero-order valence-corrected chi connectivity index (χ0v) is 10.8. The molecule has 1 aromatic heterocycles. The van der Waals surface area contributed by atoms with Crippen LogP contribution < -0.4 is 5.32 Å². The number of rotatable bonds is 2. The number of aromatic nitrogens is 2. The molecule has 0 unspecified atom stereocenters. The summed E-state index contributed by atoms with van der Waals surface area (Å²) < 4.78 is 0. The first-order valence-electron chi connectivity index (χ1n) is 6.65. The summed E-state index contributed by atoms with van der Waals surface area (Å²) in [5, 5.41) is 3.98. The molecule has 2 aliphatic carbocycles. The van der Waals surface area contributed by atoms with Crippen LogP contribution in [-0.2, 0) is 12.8 Å². The van der Waals surface area contributed by atoms with Crippen molar-refractivity contribution in [2.75, 3.05) is 5.32 Å². The highest BCUT2D eigenvalue weighted by Gasteiger charge is 2.21. The second-order valence-corrected chi connectivity index (χ2v) is 5.44. The lowest BCUT2D eigenvalue weighted by molar-refractivity contribution is 0.461. The van der Waals surface area contributed by atoms with Gasteiger partial charge in [-0.1, -0.05) is 19.3 Å². The molecule has 0 radical (unpaired) electrons. The molecule has 1 aromatic rings. The van der Waals surface area contributed by atoms with Gasteiger partial charge in [0, 0.05) is 11.6 Å². The Hall–Kier alpha value is -0.830. The second-order valence-electron chi connectivity index (χ2n) is 5.10. The Labute approximate surface area is 107 Å². The van der Waals surface area contributed by atoms with E-state index < -0.39 is 0 Å². The Morgan fingerprint density at radius 2 is 1.82 bits per heavy atom. The van der Waals surface area contributed by atoms with Gasteiger partial charge in [0.2, 0.25) is 5.28 Å². The van der Waals surface area contributed by atoms with Crippen molar-refractivity contribution in [3.63, 3.8) is 0 Å². The van der Waals surface area contributed by atoms with Gasteiger partial charge in [-0.25, -0.2) is 9.97 Å². The van der Waals surface area contributed by atoms with Gasteiger partial charge >= 0.3 is 0 Å². The highest BCUT2D eigenvalue weighted by molar-refractivity contribution is 6.28. The van der Waals surface area contributed by atoms with Crippen LogP contribution in [0.1, 0.15) is 49.8 Å². The molecular formula is C13H18ClN3. The topological polar surface area (TPSA) is 37.8 Å². The second kappa shape index (κ2) is 4.81. The van der Waals surface area contributed by atoms with Crippen LogP contribution in [0.25, 0.3) is 0 Å². The standard InChI is InChI=1S/C13H18ClN3/c14-13-16-11-8-4-7-10(11)12(17-13)15-9-5-2-1-3-6-9/h9H,1-8H2,(H,15,16,17). The number of hydrogen-bond acceptors (Lipinski definition) is 3. The molecule has 0 aromatic carbocycles. The summed E-state index contributed by atoms with van der Waals surface area (Å²) in [7, 11) is 0. The largest absolute Gasteiger partial charge is 0.367 e. The van der Waals surface area contributed by atoms with Gasteiger partial charge in [-0.15, -0.1) is 0 Å². The molecule has 0 amide bonds. The Balaban J connectivity index is 1.82. The number of halogens is 1. The van der Waals surface area contributed by atoms with Crippen molar-refractivity contribution in [1.82, 2.24) is 9.97 Å². The van der Waals surface area contributed by atoms with E-state index in [0.29, 0.717) is 11.3 Å². The predicted octanol–water partition coefficient (Wildman–Crippen LogP) is 3.36. The summed E-state index contributed by atoms with van der Waals surface area (Å²) in [5.41, 5.74) is 2.46. The van der Waals surface area contributed by atoms with Crippen molar-refractivity contribution in [3.8, 4) is 0 Å². The maximum absolute atomic E-state index is 5.98. The van der Waals surface area contributed by atoms with Crippen LogP contribution in [0.15, 0.2) is 0 Å². The molecule has 1 fully saturated rings. The van der Waals surface area contributed by atoms with E-state index in [1.807, 2.05) is 0 Å². The molecule has 1 N–H and O–H groups in total. The van der Waals surface area contributed by atoms with Gasteiger partial charge in [0.15, 0.2) is 0 Å². The molecule has 1 saturated carbocycles. The molecule has 3 rings (SSSR count). The van der Waals surface area contributed by atoms with E-state index in [1.54, 1.807) is 0 Å². The summed E-state index contributed by atoms with van der Waals surface area (Å²) in [6.07, 6.45) is 9.90. The van der Waals surface area contributed by atoms with Gasteiger partial charge < -0.3 is 5.32 Å². The Kier molecular flexibility index (Phi) is 3.19. The number of hydrogen-bond donors (Lipinski definition) is 1. The summed E-state index contributed by atoms with van der Waals surface area (Å²) >= 11 is 5.98. The van der Waals surface area contributed by atoms with Crippen LogP contribution in [0.5, 0.6) is 0 Å². The maximum Gasteiger partial charge on any atom is 0.224 e. The normalized spacial score (nSPS) is 20.3. The highest BCUT2D eigenvalue weighted by Crippen LogP contribution is 2.29. The average Bonchev–Trinajstić information content (AvgIpc) is 2.78. The molecule has 0 aliphatic heterocycles. The average molecular weight is 252 g/mol. The van der Waals surface area contributed by atoms with Crippen molar-refractivity contribution in [3.05, 3.63) is 16.5 Å². The fourth-order valence-corrected chi connectivity index (χ4v) is 3.15. The molecule has 0 spiro atoms. The van der Waals surface area contributed by atoms with E-state index >= 15 is 0 Å². The van der Waals surface area contributed by atoms with E-state index in [2.05, 4.69) is 15.3 Å². The van der Waals surface area contributed by atoms with Gasteiger partial charge in [-0.2, -0.15) is 0 Å². The Morgan fingerprint density at radius 3 is 2.65 bits per heavy atom. The molecule has 4 heteroatoms. The Bertz CT molecular complexity index is 413. The van der Waals surface area contributed by atoms with Crippen molar-refractivity contribution < 1.29 is 0 Å². The molecule has 92 valence electrons. The van der Waals surface area contributed by atoms with Crippen LogP contribution in [0, 0.1) is 0 Å². The molecule has 17 heavy (non-hydrogen) atoms. The first-order chi connectivity index (χ1) is 8.33. The molecule has 0 bridgehead atoms. The van der Waals surface area contributed by atoms with E-state index in [-0.39, 0.29) is 0 Å². The molecule has 2 aliphatic rings. The quantitative estimate of drug-likeness (QED) is 0.819. The first-order valence-corrected chi connectivity index (χ1v) is 7.02. The van der Waals surface area contributed by atoms with Crippen molar-refractivity contribution in [1.29, 1.82) is 0 Å². The van der Waals surface area contributed by atoms with Crippen LogP contribution in [0.4, 0.5) is 5.82 Å². The fourth-order valence-electron chi connectivity index (χ4n) is 2.96. The predicted molar refractivity (Wildman–Crippen MR) is 69.6 cm³/mol. The zero-order chi connectivity index (χ0) is 11.7. The maximum atomic E-state index is 5.98. The minimum atomic E-state index is 0.393. The molecule has 3 nitrogen and oxygen atoms in total. The zero-order valence-electron chi connectivity index (χ0n) is 10.0. The fraction of sp³-hybridized carbons (Fsp3) is 0.692. The van der Waals surface area contributed by atoms with Crippen molar-refractivity contribution in [2.24, 2.45) is 0 Å². The van der Waals surface area contributed by atoms with Crippen LogP contribution in [0.3, 0.4) is 0 Å². The first kappa shape index (κ1) is 11.3. The molecule has 0 atom stereocenters. The highest BCUT2D eigenvalue weighted by atomic mass is 35.5. The minimum absolute atomic E-state index is 0.393. The van der Waals surface area contributed by atoms with Gasteiger partial charge in [0.1, 0.15) is 5.82 Å². The smallest absolute Gasteiger partial charge is 0.224 e. The summed E-state index contributed by atoms with van der Waals surface area (Å²) in [5.74, 6) is 1.00. The minimum Gasteiger partial charge on any atom is -0.367 e. The third kappa shape index (κ3) is 2.39. The van der Waals surface area contributed by atoms with E-state index in [9.17, 15) is 0 Å². The van der Waals surface area contributed by atoms with Gasteiger partial charge in [-0.3, -0.25) is 0 Å². The molecule has 0 saturated heterocycles. The molecular weight excluding hydrogens is 234 g/mol. The lowest BCUT2D eigenvalue weighted by Crippen LogP contribution is -2.23. The third-order valence-electron chi connectivity index (χ3n) is 3.85. The van der Waals surface area contributed by atoms with Crippen LogP contribution in [0.2, 0.25) is 5.28 Å². The number of nitrogens with zero attached hydrogens (tertiary/aromatic N) is 2. The lowest BCUT2D eigenvalue weighted by atomic mass is 9.95. The van der Waals surface area contributed by atoms with E-state index in [1.165, 1.54) is 44.1 Å². The summed E-state index contributed by atoms with van der Waals surface area (Å²) in [4.78, 5) is 8.70. The monoisotopic (exact) mass is 251 g/mol. The number of anilines is 1. The van der Waals surface area contributed by atoms with Gasteiger partial charge in [0.25, 0.3) is 0 Å². The number of fused-ring (bicyclic) bond motifs is 1. The number of aryl methyl sites for hydroxylation is 1. The van der Waals surface area contributed by atoms with Crippen LogP contribution >= 0.6 is 11.6 Å².